The molecule has 0 radical (unpaired) electrons. The van der Waals surface area contributed by atoms with E-state index < -0.39 is 0 Å². The van der Waals surface area contributed by atoms with Crippen LogP contribution < -0.4 is 15.4 Å². The van der Waals surface area contributed by atoms with Gasteiger partial charge in [-0.1, -0.05) is 19.9 Å². The van der Waals surface area contributed by atoms with E-state index in [0.29, 0.717) is 24.4 Å². The van der Waals surface area contributed by atoms with Crippen molar-refractivity contribution in [2.75, 3.05) is 13.7 Å². The molecule has 0 aliphatic carbocycles. The monoisotopic (exact) mass is 254 g/mol. The maximum absolute atomic E-state index is 13.2. The summed E-state index contributed by atoms with van der Waals surface area (Å²) in [5.74, 6) is -0.0296. The first-order valence-electron chi connectivity index (χ1n) is 6.32. The molecule has 1 aromatic carbocycles. The molecule has 0 spiro atoms. The Bertz CT molecular complexity index is 369. The molecule has 0 aliphatic rings. The Morgan fingerprint density at radius 1 is 1.22 bits per heavy atom. The van der Waals surface area contributed by atoms with E-state index >= 15 is 0 Å². The Kier molecular flexibility index (Phi) is 6.09. The van der Waals surface area contributed by atoms with Crippen molar-refractivity contribution in [2.24, 2.45) is 0 Å². The van der Waals surface area contributed by atoms with Crippen molar-refractivity contribution in [2.45, 2.75) is 39.4 Å². The van der Waals surface area contributed by atoms with Crippen molar-refractivity contribution < 1.29 is 9.13 Å². The van der Waals surface area contributed by atoms with Crippen LogP contribution in [0.25, 0.3) is 0 Å². The second kappa shape index (κ2) is 7.34. The molecule has 0 saturated heterocycles. The molecule has 102 valence electrons. The Morgan fingerprint density at radius 3 is 2.56 bits per heavy atom. The van der Waals surface area contributed by atoms with Crippen LogP contribution >= 0.6 is 0 Å². The van der Waals surface area contributed by atoms with Crippen molar-refractivity contribution in [1.29, 1.82) is 0 Å². The van der Waals surface area contributed by atoms with Gasteiger partial charge in [-0.15, -0.1) is 0 Å². The number of nitrogens with one attached hydrogen (secondary N) is 2. The van der Waals surface area contributed by atoms with Crippen LogP contribution in [0.4, 0.5) is 4.39 Å². The summed E-state index contributed by atoms with van der Waals surface area (Å²) < 4.78 is 18.2. The van der Waals surface area contributed by atoms with Crippen LogP contribution in [-0.4, -0.2) is 25.7 Å². The number of ether oxygens (including phenoxy) is 1. The third-order valence-corrected chi connectivity index (χ3v) is 2.70. The van der Waals surface area contributed by atoms with Crippen molar-refractivity contribution in [3.63, 3.8) is 0 Å². The molecule has 1 rings (SSSR count). The Hall–Kier alpha value is -1.13. The highest BCUT2D eigenvalue weighted by Crippen LogP contribution is 2.17. The van der Waals surface area contributed by atoms with Crippen molar-refractivity contribution in [3.05, 3.63) is 29.6 Å². The van der Waals surface area contributed by atoms with E-state index in [2.05, 4.69) is 31.4 Å². The van der Waals surface area contributed by atoms with Gasteiger partial charge < -0.3 is 15.4 Å². The van der Waals surface area contributed by atoms with Crippen LogP contribution in [0.15, 0.2) is 18.2 Å². The summed E-state index contributed by atoms with van der Waals surface area (Å²) in [6.45, 7) is 7.98. The van der Waals surface area contributed by atoms with Crippen LogP contribution in [-0.2, 0) is 6.54 Å². The molecule has 0 fully saturated rings. The number of hydrogen-bond donors (Lipinski definition) is 2. The average molecular weight is 254 g/mol. The highest BCUT2D eigenvalue weighted by molar-refractivity contribution is 5.30. The summed E-state index contributed by atoms with van der Waals surface area (Å²) in [5.41, 5.74) is 1.02. The number of rotatable bonds is 7. The topological polar surface area (TPSA) is 33.3 Å². The number of benzene rings is 1. The van der Waals surface area contributed by atoms with E-state index in [0.717, 1.165) is 12.1 Å². The van der Waals surface area contributed by atoms with Crippen molar-refractivity contribution in [1.82, 2.24) is 10.6 Å². The van der Waals surface area contributed by atoms with Crippen LogP contribution in [0, 0.1) is 5.82 Å². The first-order chi connectivity index (χ1) is 8.52. The molecule has 0 saturated carbocycles. The molecule has 1 atom stereocenters. The molecule has 3 nitrogen and oxygen atoms in total. The van der Waals surface area contributed by atoms with Crippen LogP contribution in [0.5, 0.6) is 5.75 Å². The largest absolute Gasteiger partial charge is 0.494 e. The summed E-state index contributed by atoms with van der Waals surface area (Å²) >= 11 is 0. The molecule has 0 heterocycles. The highest BCUT2D eigenvalue weighted by Gasteiger charge is 2.05. The SMILES string of the molecule is COc1cc(CNC(C)CNC(C)C)ccc1F. The van der Waals surface area contributed by atoms with E-state index in [1.807, 2.05) is 0 Å². The zero-order chi connectivity index (χ0) is 13.5. The Morgan fingerprint density at radius 2 is 1.94 bits per heavy atom. The van der Waals surface area contributed by atoms with E-state index in [9.17, 15) is 4.39 Å². The fourth-order valence-electron chi connectivity index (χ4n) is 1.59. The molecule has 0 amide bonds. The molecule has 2 N–H and O–H groups in total. The minimum absolute atomic E-state index is 0.294. The normalized spacial score (nSPS) is 12.8. The van der Waals surface area contributed by atoms with Gasteiger partial charge in [0.25, 0.3) is 0 Å². The standard InChI is InChI=1S/C14H23FN2O/c1-10(2)16-8-11(3)17-9-12-5-6-13(15)14(7-12)18-4/h5-7,10-11,16-17H,8-9H2,1-4H3. The minimum atomic E-state index is -0.323. The molecule has 0 aromatic heterocycles. The van der Waals surface area contributed by atoms with Gasteiger partial charge in [0.2, 0.25) is 0 Å². The lowest BCUT2D eigenvalue weighted by molar-refractivity contribution is 0.385. The van der Waals surface area contributed by atoms with E-state index in [-0.39, 0.29) is 5.82 Å². The Balaban J connectivity index is 2.43. The molecule has 1 aromatic rings. The zero-order valence-electron chi connectivity index (χ0n) is 11.6. The molecular weight excluding hydrogens is 231 g/mol. The highest BCUT2D eigenvalue weighted by atomic mass is 19.1. The lowest BCUT2D eigenvalue weighted by Crippen LogP contribution is -2.38. The van der Waals surface area contributed by atoms with Crippen LogP contribution in [0.2, 0.25) is 0 Å². The lowest BCUT2D eigenvalue weighted by atomic mass is 10.2. The van der Waals surface area contributed by atoms with Gasteiger partial charge in [0, 0.05) is 25.2 Å². The third-order valence-electron chi connectivity index (χ3n) is 2.70. The lowest BCUT2D eigenvalue weighted by Gasteiger charge is -2.16. The number of hydrogen-bond acceptors (Lipinski definition) is 3. The summed E-state index contributed by atoms with van der Waals surface area (Å²) in [6, 6.07) is 5.79. The van der Waals surface area contributed by atoms with Crippen LogP contribution in [0.1, 0.15) is 26.3 Å². The first kappa shape index (κ1) is 14.9. The predicted octanol–water partition coefficient (Wildman–Crippen LogP) is 2.31. The zero-order valence-corrected chi connectivity index (χ0v) is 11.6. The second-order valence-electron chi connectivity index (χ2n) is 4.81. The van der Waals surface area contributed by atoms with E-state index in [1.54, 1.807) is 12.1 Å². The minimum Gasteiger partial charge on any atom is -0.494 e. The van der Waals surface area contributed by atoms with Gasteiger partial charge >= 0.3 is 0 Å². The predicted molar refractivity (Wildman–Crippen MR) is 72.4 cm³/mol. The Labute approximate surface area is 109 Å². The van der Waals surface area contributed by atoms with Gasteiger partial charge in [-0.05, 0) is 24.6 Å². The van der Waals surface area contributed by atoms with E-state index in [1.165, 1.54) is 13.2 Å². The van der Waals surface area contributed by atoms with Crippen molar-refractivity contribution in [3.8, 4) is 5.75 Å². The molecular formula is C14H23FN2O. The second-order valence-corrected chi connectivity index (χ2v) is 4.81. The van der Waals surface area contributed by atoms with Gasteiger partial charge in [0.1, 0.15) is 0 Å². The summed E-state index contributed by atoms with van der Waals surface area (Å²) in [4.78, 5) is 0. The number of halogens is 1. The summed E-state index contributed by atoms with van der Waals surface area (Å²) in [5, 5.41) is 6.75. The average Bonchev–Trinajstić information content (AvgIpc) is 2.35. The van der Waals surface area contributed by atoms with Crippen LogP contribution in [0.3, 0.4) is 0 Å². The third kappa shape index (κ3) is 5.02. The fourth-order valence-corrected chi connectivity index (χ4v) is 1.59. The van der Waals surface area contributed by atoms with Gasteiger partial charge in [0.05, 0.1) is 7.11 Å². The van der Waals surface area contributed by atoms with Gasteiger partial charge in [0.15, 0.2) is 11.6 Å². The van der Waals surface area contributed by atoms with Crippen molar-refractivity contribution >= 4 is 0 Å². The molecule has 1 unspecified atom stereocenters. The maximum Gasteiger partial charge on any atom is 0.165 e. The summed E-state index contributed by atoms with van der Waals surface area (Å²) in [6.07, 6.45) is 0. The first-order valence-corrected chi connectivity index (χ1v) is 6.32. The van der Waals surface area contributed by atoms with Gasteiger partial charge in [-0.2, -0.15) is 0 Å². The smallest absolute Gasteiger partial charge is 0.165 e. The van der Waals surface area contributed by atoms with Gasteiger partial charge in [-0.3, -0.25) is 0 Å². The van der Waals surface area contributed by atoms with Gasteiger partial charge in [-0.25, -0.2) is 4.39 Å². The fraction of sp³-hybridized carbons (Fsp3) is 0.571. The molecule has 4 heteroatoms. The molecule has 0 bridgehead atoms. The van der Waals surface area contributed by atoms with E-state index in [4.69, 9.17) is 4.74 Å². The molecule has 18 heavy (non-hydrogen) atoms. The maximum atomic E-state index is 13.2. The number of methoxy groups -OCH3 is 1. The summed E-state index contributed by atoms with van der Waals surface area (Å²) in [7, 11) is 1.48. The molecule has 0 aliphatic heterocycles. The quantitative estimate of drug-likeness (QED) is 0.783.